The Bertz CT molecular complexity index is 149. The molecule has 0 bridgehead atoms. The maximum atomic E-state index is 11.9. The number of hydrogen-bond acceptors (Lipinski definition) is 2. The molecule has 0 aromatic rings. The first-order chi connectivity index (χ1) is 4.95. The average molecular weight is 163 g/mol. The Hall–Kier alpha value is -0.640. The van der Waals surface area contributed by atoms with Crippen LogP contribution in [-0.2, 0) is 4.79 Å². The summed E-state index contributed by atoms with van der Waals surface area (Å²) >= 11 is 0. The molecule has 4 heteroatoms. The number of carboxylic acids is 1. The number of alkyl halides is 1. The molecular weight excluding hydrogens is 149 g/mol. The van der Waals surface area contributed by atoms with E-state index in [1.165, 1.54) is 0 Å². The zero-order valence-corrected chi connectivity index (χ0v) is 6.80. The van der Waals surface area contributed by atoms with Crippen molar-refractivity contribution in [2.24, 2.45) is 11.7 Å². The summed E-state index contributed by atoms with van der Waals surface area (Å²) in [7, 11) is 0. The highest BCUT2D eigenvalue weighted by Gasteiger charge is 2.36. The highest BCUT2D eigenvalue weighted by molar-refractivity contribution is 5.78. The molecule has 0 aromatic heterocycles. The van der Waals surface area contributed by atoms with Crippen molar-refractivity contribution >= 4 is 5.97 Å². The monoisotopic (exact) mass is 163 g/mol. The van der Waals surface area contributed by atoms with E-state index in [1.807, 2.05) is 0 Å². The second-order valence-corrected chi connectivity index (χ2v) is 2.94. The van der Waals surface area contributed by atoms with Crippen molar-refractivity contribution in [3.8, 4) is 0 Å². The molecule has 66 valence electrons. The predicted molar refractivity (Wildman–Crippen MR) is 40.0 cm³/mol. The van der Waals surface area contributed by atoms with Crippen LogP contribution in [0.5, 0.6) is 0 Å². The Morgan fingerprint density at radius 1 is 1.73 bits per heavy atom. The summed E-state index contributed by atoms with van der Waals surface area (Å²) in [4.78, 5) is 10.6. The van der Waals surface area contributed by atoms with Gasteiger partial charge in [0.05, 0.1) is 6.67 Å². The molecule has 11 heavy (non-hydrogen) atoms. The SMILES string of the molecule is CC(C)[C@](N)(CCF)C(=O)O. The minimum atomic E-state index is -1.41. The largest absolute Gasteiger partial charge is 0.480 e. The molecule has 0 aliphatic rings. The van der Waals surface area contributed by atoms with Crippen LogP contribution < -0.4 is 5.73 Å². The Kier molecular flexibility index (Phi) is 3.45. The van der Waals surface area contributed by atoms with Crippen molar-refractivity contribution < 1.29 is 14.3 Å². The van der Waals surface area contributed by atoms with Crippen LogP contribution in [0.25, 0.3) is 0 Å². The second-order valence-electron chi connectivity index (χ2n) is 2.94. The first-order valence-electron chi connectivity index (χ1n) is 3.53. The summed E-state index contributed by atoms with van der Waals surface area (Å²) in [5, 5.41) is 8.64. The standard InChI is InChI=1S/C7H14FNO2/c1-5(2)7(9,3-4-8)6(10)11/h5H,3-4,9H2,1-2H3,(H,10,11)/t7-/m1/s1. The summed E-state index contributed by atoms with van der Waals surface area (Å²) < 4.78 is 11.9. The predicted octanol–water partition coefficient (Wildman–Crippen LogP) is 0.784. The molecule has 0 unspecified atom stereocenters. The van der Waals surface area contributed by atoms with Crippen molar-refractivity contribution in [1.82, 2.24) is 0 Å². The van der Waals surface area contributed by atoms with E-state index in [4.69, 9.17) is 10.8 Å². The van der Waals surface area contributed by atoms with Crippen molar-refractivity contribution in [3.05, 3.63) is 0 Å². The Balaban J connectivity index is 4.38. The van der Waals surface area contributed by atoms with Gasteiger partial charge in [0, 0.05) is 6.42 Å². The zero-order chi connectivity index (χ0) is 9.07. The second kappa shape index (κ2) is 3.67. The number of halogens is 1. The highest BCUT2D eigenvalue weighted by Crippen LogP contribution is 2.18. The van der Waals surface area contributed by atoms with Gasteiger partial charge < -0.3 is 10.8 Å². The molecule has 0 spiro atoms. The molecule has 0 rings (SSSR count). The molecule has 0 saturated carbocycles. The Morgan fingerprint density at radius 2 is 2.18 bits per heavy atom. The minimum Gasteiger partial charge on any atom is -0.480 e. The molecule has 3 nitrogen and oxygen atoms in total. The van der Waals surface area contributed by atoms with Gasteiger partial charge in [-0.25, -0.2) is 0 Å². The fourth-order valence-electron chi connectivity index (χ4n) is 0.799. The smallest absolute Gasteiger partial charge is 0.324 e. The molecule has 0 amide bonds. The highest BCUT2D eigenvalue weighted by atomic mass is 19.1. The molecule has 0 fully saturated rings. The van der Waals surface area contributed by atoms with Crippen LogP contribution in [0.1, 0.15) is 20.3 Å². The van der Waals surface area contributed by atoms with Gasteiger partial charge in [-0.05, 0) is 5.92 Å². The van der Waals surface area contributed by atoms with Crippen LogP contribution in [-0.4, -0.2) is 23.3 Å². The third kappa shape index (κ3) is 2.15. The third-order valence-electron chi connectivity index (χ3n) is 1.94. The van der Waals surface area contributed by atoms with Crippen LogP contribution in [0.15, 0.2) is 0 Å². The van der Waals surface area contributed by atoms with Crippen LogP contribution in [0, 0.1) is 5.92 Å². The molecule has 0 aromatic carbocycles. The van der Waals surface area contributed by atoms with Gasteiger partial charge in [0.1, 0.15) is 5.54 Å². The van der Waals surface area contributed by atoms with Crippen molar-refractivity contribution in [1.29, 1.82) is 0 Å². The lowest BCUT2D eigenvalue weighted by atomic mass is 9.85. The van der Waals surface area contributed by atoms with Gasteiger partial charge in [0.2, 0.25) is 0 Å². The normalized spacial score (nSPS) is 16.5. The number of nitrogens with two attached hydrogens (primary N) is 1. The van der Waals surface area contributed by atoms with Crippen molar-refractivity contribution in [2.75, 3.05) is 6.67 Å². The van der Waals surface area contributed by atoms with Gasteiger partial charge in [-0.1, -0.05) is 13.8 Å². The fourth-order valence-corrected chi connectivity index (χ4v) is 0.799. The Labute approximate surface area is 65.4 Å². The van der Waals surface area contributed by atoms with Crippen LogP contribution in [0.3, 0.4) is 0 Å². The van der Waals surface area contributed by atoms with Crippen LogP contribution in [0.4, 0.5) is 4.39 Å². The van der Waals surface area contributed by atoms with Gasteiger partial charge >= 0.3 is 5.97 Å². The molecule has 0 aliphatic heterocycles. The summed E-state index contributed by atoms with van der Waals surface area (Å²) in [6.07, 6.45) is -0.125. The van der Waals surface area contributed by atoms with Gasteiger partial charge in [-0.3, -0.25) is 9.18 Å². The first kappa shape index (κ1) is 10.4. The molecular formula is C7H14FNO2. The first-order valence-corrected chi connectivity index (χ1v) is 3.53. The van der Waals surface area contributed by atoms with E-state index in [2.05, 4.69) is 0 Å². The minimum absolute atomic E-state index is 0.125. The third-order valence-corrected chi connectivity index (χ3v) is 1.94. The molecule has 3 N–H and O–H groups in total. The molecule has 0 heterocycles. The van der Waals surface area contributed by atoms with Gasteiger partial charge in [-0.15, -0.1) is 0 Å². The number of carbonyl (C=O) groups is 1. The topological polar surface area (TPSA) is 63.3 Å². The maximum absolute atomic E-state index is 11.9. The summed E-state index contributed by atoms with van der Waals surface area (Å²) in [5.41, 5.74) is 4.05. The molecule has 0 saturated heterocycles. The van der Waals surface area contributed by atoms with Crippen molar-refractivity contribution in [3.63, 3.8) is 0 Å². The quantitative estimate of drug-likeness (QED) is 0.643. The van der Waals surface area contributed by atoms with Gasteiger partial charge in [-0.2, -0.15) is 0 Å². The summed E-state index contributed by atoms with van der Waals surface area (Å²) in [5.74, 6) is -1.39. The Morgan fingerprint density at radius 3 is 2.27 bits per heavy atom. The van der Waals surface area contributed by atoms with E-state index in [1.54, 1.807) is 13.8 Å². The summed E-state index contributed by atoms with van der Waals surface area (Å²) in [6, 6.07) is 0. The molecule has 1 atom stereocenters. The average Bonchev–Trinajstić information content (AvgIpc) is 1.87. The number of aliphatic carboxylic acids is 1. The number of rotatable bonds is 4. The maximum Gasteiger partial charge on any atom is 0.324 e. The van der Waals surface area contributed by atoms with E-state index in [-0.39, 0.29) is 12.3 Å². The fraction of sp³-hybridized carbons (Fsp3) is 0.857. The lowest BCUT2D eigenvalue weighted by Gasteiger charge is -2.27. The summed E-state index contributed by atoms with van der Waals surface area (Å²) in [6.45, 7) is 2.65. The lowest BCUT2D eigenvalue weighted by molar-refractivity contribution is -0.145. The number of hydrogen-bond donors (Lipinski definition) is 2. The van der Waals surface area contributed by atoms with E-state index in [9.17, 15) is 9.18 Å². The number of carboxylic acid groups (broad SMARTS) is 1. The zero-order valence-electron chi connectivity index (χ0n) is 6.80. The van der Waals surface area contributed by atoms with E-state index >= 15 is 0 Å². The van der Waals surface area contributed by atoms with Gasteiger partial charge in [0.25, 0.3) is 0 Å². The van der Waals surface area contributed by atoms with Crippen molar-refractivity contribution in [2.45, 2.75) is 25.8 Å². The van der Waals surface area contributed by atoms with Crippen LogP contribution >= 0.6 is 0 Å². The lowest BCUT2D eigenvalue weighted by Crippen LogP contribution is -2.52. The van der Waals surface area contributed by atoms with Crippen LogP contribution in [0.2, 0.25) is 0 Å². The molecule has 0 radical (unpaired) electrons. The van der Waals surface area contributed by atoms with Gasteiger partial charge in [0.15, 0.2) is 0 Å². The van der Waals surface area contributed by atoms with E-state index in [0.29, 0.717) is 0 Å². The van der Waals surface area contributed by atoms with E-state index in [0.717, 1.165) is 0 Å². The molecule has 0 aliphatic carbocycles. The van der Waals surface area contributed by atoms with E-state index < -0.39 is 18.2 Å².